The van der Waals surface area contributed by atoms with E-state index in [1.807, 2.05) is 24.3 Å². The van der Waals surface area contributed by atoms with Crippen LogP contribution in [-0.2, 0) is 0 Å². The highest BCUT2D eigenvalue weighted by Crippen LogP contribution is 2.31. The van der Waals surface area contributed by atoms with Gasteiger partial charge in [-0.15, -0.1) is 0 Å². The van der Waals surface area contributed by atoms with Gasteiger partial charge in [-0.25, -0.2) is 14.4 Å². The van der Waals surface area contributed by atoms with Gasteiger partial charge < -0.3 is 10.5 Å². The van der Waals surface area contributed by atoms with Crippen LogP contribution < -0.4 is 10.5 Å². The molecule has 6 heteroatoms. The number of ether oxygens (including phenoxy) is 1. The predicted molar refractivity (Wildman–Crippen MR) is 99.1 cm³/mol. The smallest absolute Gasteiger partial charge is 0.163 e. The lowest BCUT2D eigenvalue weighted by Crippen LogP contribution is -1.99. The van der Waals surface area contributed by atoms with Crippen molar-refractivity contribution < 1.29 is 9.13 Å². The molecule has 0 aliphatic rings. The molecule has 0 saturated heterocycles. The van der Waals surface area contributed by atoms with Gasteiger partial charge in [0.25, 0.3) is 0 Å². The van der Waals surface area contributed by atoms with E-state index in [4.69, 9.17) is 10.5 Å². The number of nitrogens with two attached hydrogens (primary N) is 1. The van der Waals surface area contributed by atoms with E-state index in [9.17, 15) is 4.39 Å². The number of nitrogens with zero attached hydrogens (tertiary/aromatic N) is 3. The first-order valence-corrected chi connectivity index (χ1v) is 7.97. The Morgan fingerprint density at radius 2 is 1.85 bits per heavy atom. The lowest BCUT2D eigenvalue weighted by atomic mass is 10.0. The van der Waals surface area contributed by atoms with Gasteiger partial charge in [0.15, 0.2) is 5.82 Å². The maximum Gasteiger partial charge on any atom is 0.163 e. The molecule has 5 nitrogen and oxygen atoms in total. The van der Waals surface area contributed by atoms with Crippen LogP contribution in [0.4, 0.5) is 10.2 Å². The fourth-order valence-corrected chi connectivity index (χ4v) is 2.81. The standard InChI is InChI=1S/C20H15FN4O/c1-26-14-6-2-4-12(8-14)15-10-18-16(9-17(15)21)19(22)25-20(24-18)13-5-3-7-23-11-13/h2-11H,1H3,(H2,22,24,25). The Balaban J connectivity index is 1.92. The van der Waals surface area contributed by atoms with E-state index >= 15 is 0 Å². The van der Waals surface area contributed by atoms with Gasteiger partial charge in [0, 0.05) is 28.9 Å². The van der Waals surface area contributed by atoms with Gasteiger partial charge >= 0.3 is 0 Å². The summed E-state index contributed by atoms with van der Waals surface area (Å²) in [6.07, 6.45) is 3.33. The summed E-state index contributed by atoms with van der Waals surface area (Å²) in [4.78, 5) is 12.9. The van der Waals surface area contributed by atoms with E-state index in [-0.39, 0.29) is 5.82 Å². The molecule has 0 aliphatic carbocycles. The lowest BCUT2D eigenvalue weighted by Gasteiger charge is -2.10. The molecule has 4 rings (SSSR count). The number of fused-ring (bicyclic) bond motifs is 1. The van der Waals surface area contributed by atoms with Gasteiger partial charge in [0.1, 0.15) is 17.4 Å². The van der Waals surface area contributed by atoms with Crippen molar-refractivity contribution in [2.45, 2.75) is 0 Å². The van der Waals surface area contributed by atoms with Crippen LogP contribution >= 0.6 is 0 Å². The molecule has 0 saturated carbocycles. The van der Waals surface area contributed by atoms with Crippen molar-refractivity contribution in [3.8, 4) is 28.3 Å². The molecule has 4 aromatic rings. The summed E-state index contributed by atoms with van der Waals surface area (Å²) >= 11 is 0. The molecule has 0 atom stereocenters. The Morgan fingerprint density at radius 3 is 2.62 bits per heavy atom. The second-order valence-electron chi connectivity index (χ2n) is 5.76. The second-order valence-corrected chi connectivity index (χ2v) is 5.76. The fourth-order valence-electron chi connectivity index (χ4n) is 2.81. The van der Waals surface area contributed by atoms with Gasteiger partial charge in [0.2, 0.25) is 0 Å². The zero-order chi connectivity index (χ0) is 18.1. The zero-order valence-corrected chi connectivity index (χ0v) is 14.0. The molecule has 0 amide bonds. The topological polar surface area (TPSA) is 73.9 Å². The maximum absolute atomic E-state index is 14.7. The average molecular weight is 346 g/mol. The minimum Gasteiger partial charge on any atom is -0.497 e. The SMILES string of the molecule is COc1cccc(-c2cc3nc(-c4cccnc4)nc(N)c3cc2F)c1. The Labute approximate surface area is 149 Å². The number of halogens is 1. The Bertz CT molecular complexity index is 1100. The van der Waals surface area contributed by atoms with Gasteiger partial charge in [-0.1, -0.05) is 12.1 Å². The van der Waals surface area contributed by atoms with Crippen LogP contribution in [0.25, 0.3) is 33.4 Å². The van der Waals surface area contributed by atoms with Gasteiger partial charge in [-0.2, -0.15) is 0 Å². The molecule has 0 aliphatic heterocycles. The first kappa shape index (κ1) is 16.0. The number of rotatable bonds is 3. The molecule has 0 fully saturated rings. The molecular weight excluding hydrogens is 331 g/mol. The lowest BCUT2D eigenvalue weighted by molar-refractivity contribution is 0.415. The van der Waals surface area contributed by atoms with Crippen molar-refractivity contribution in [1.82, 2.24) is 15.0 Å². The minimum atomic E-state index is -0.393. The third-order valence-electron chi connectivity index (χ3n) is 4.11. The van der Waals surface area contributed by atoms with E-state index in [0.717, 1.165) is 5.56 Å². The van der Waals surface area contributed by atoms with Crippen LogP contribution in [0.2, 0.25) is 0 Å². The van der Waals surface area contributed by atoms with Crippen LogP contribution in [0.3, 0.4) is 0 Å². The van der Waals surface area contributed by atoms with E-state index in [1.165, 1.54) is 6.07 Å². The number of nitrogen functional groups attached to an aromatic ring is 1. The second kappa shape index (κ2) is 6.40. The van der Waals surface area contributed by atoms with Gasteiger partial charge in [-0.3, -0.25) is 4.98 Å². The first-order valence-electron chi connectivity index (χ1n) is 7.97. The van der Waals surface area contributed by atoms with Crippen LogP contribution in [0, 0.1) is 5.82 Å². The fraction of sp³-hybridized carbons (Fsp3) is 0.0500. The molecule has 0 bridgehead atoms. The Kier molecular flexibility index (Phi) is 3.93. The number of anilines is 1. The van der Waals surface area contributed by atoms with Crippen LogP contribution in [-0.4, -0.2) is 22.1 Å². The first-order chi connectivity index (χ1) is 12.7. The van der Waals surface area contributed by atoms with Gasteiger partial charge in [0.05, 0.1) is 12.6 Å². The number of hydrogen-bond donors (Lipinski definition) is 1. The molecule has 2 N–H and O–H groups in total. The zero-order valence-electron chi connectivity index (χ0n) is 14.0. The highest BCUT2D eigenvalue weighted by molar-refractivity contribution is 5.92. The quantitative estimate of drug-likeness (QED) is 0.605. The van der Waals surface area contributed by atoms with E-state index in [2.05, 4.69) is 15.0 Å². The Morgan fingerprint density at radius 1 is 1.00 bits per heavy atom. The predicted octanol–water partition coefficient (Wildman–Crippen LogP) is 4.09. The van der Waals surface area contributed by atoms with Crippen LogP contribution in [0.15, 0.2) is 60.9 Å². The molecular formula is C20H15FN4O. The monoisotopic (exact) mass is 346 g/mol. The minimum absolute atomic E-state index is 0.227. The van der Waals surface area contributed by atoms with Crippen molar-refractivity contribution in [3.05, 3.63) is 66.7 Å². The summed E-state index contributed by atoms with van der Waals surface area (Å²) in [6, 6.07) is 13.9. The molecule has 0 unspecified atom stereocenters. The number of aromatic nitrogens is 3. The Hall–Kier alpha value is -3.54. The molecule has 0 radical (unpaired) electrons. The molecule has 2 aromatic carbocycles. The van der Waals surface area contributed by atoms with E-state index in [1.54, 1.807) is 37.7 Å². The summed E-state index contributed by atoms with van der Waals surface area (Å²) in [6.45, 7) is 0. The highest BCUT2D eigenvalue weighted by Gasteiger charge is 2.13. The van der Waals surface area contributed by atoms with E-state index < -0.39 is 5.82 Å². The summed E-state index contributed by atoms with van der Waals surface area (Å²) < 4.78 is 19.9. The normalized spacial score (nSPS) is 10.8. The maximum atomic E-state index is 14.7. The van der Waals surface area contributed by atoms with E-state index in [0.29, 0.717) is 33.6 Å². The van der Waals surface area contributed by atoms with Crippen molar-refractivity contribution in [3.63, 3.8) is 0 Å². The van der Waals surface area contributed by atoms with Crippen molar-refractivity contribution in [1.29, 1.82) is 0 Å². The average Bonchev–Trinajstić information content (AvgIpc) is 2.68. The summed E-state index contributed by atoms with van der Waals surface area (Å²) in [5.74, 6) is 0.937. The van der Waals surface area contributed by atoms with Crippen LogP contribution in [0.5, 0.6) is 5.75 Å². The number of benzene rings is 2. The molecule has 26 heavy (non-hydrogen) atoms. The molecule has 2 heterocycles. The van der Waals surface area contributed by atoms with Crippen molar-refractivity contribution >= 4 is 16.7 Å². The molecule has 128 valence electrons. The number of methoxy groups -OCH3 is 1. The third-order valence-corrected chi connectivity index (χ3v) is 4.11. The number of pyridine rings is 1. The highest BCUT2D eigenvalue weighted by atomic mass is 19.1. The van der Waals surface area contributed by atoms with Crippen molar-refractivity contribution in [2.24, 2.45) is 0 Å². The van der Waals surface area contributed by atoms with Crippen molar-refractivity contribution in [2.75, 3.05) is 12.8 Å². The summed E-state index contributed by atoms with van der Waals surface area (Å²) in [5.41, 5.74) is 8.47. The number of hydrogen-bond acceptors (Lipinski definition) is 5. The molecule has 0 spiro atoms. The van der Waals surface area contributed by atoms with Gasteiger partial charge in [-0.05, 0) is 42.0 Å². The largest absolute Gasteiger partial charge is 0.497 e. The third kappa shape index (κ3) is 2.82. The van der Waals surface area contributed by atoms with Crippen LogP contribution in [0.1, 0.15) is 0 Å². The summed E-state index contributed by atoms with van der Waals surface area (Å²) in [5, 5.41) is 0.474. The molecule has 2 aromatic heterocycles. The summed E-state index contributed by atoms with van der Waals surface area (Å²) in [7, 11) is 1.57.